The molecule has 0 aromatic rings. The van der Waals surface area contributed by atoms with Gasteiger partial charge in [0.25, 0.3) is 0 Å². The molecule has 2 aliphatic rings. The van der Waals surface area contributed by atoms with Crippen molar-refractivity contribution in [2.45, 2.75) is 116 Å². The Morgan fingerprint density at radius 1 is 1.27 bits per heavy atom. The minimum Gasteiger partial charge on any atom is -0.414 e. The van der Waals surface area contributed by atoms with Gasteiger partial charge in [0.05, 0.1) is 18.3 Å². The van der Waals surface area contributed by atoms with Gasteiger partial charge in [-0.1, -0.05) is 47.6 Å². The third-order valence-corrected chi connectivity index (χ3v) is 11.2. The fourth-order valence-electron chi connectivity index (χ4n) is 4.20. The lowest BCUT2D eigenvalue weighted by atomic mass is 9.83. The van der Waals surface area contributed by atoms with Crippen molar-refractivity contribution < 1.29 is 13.9 Å². The van der Waals surface area contributed by atoms with Crippen molar-refractivity contribution in [2.75, 3.05) is 0 Å². The average molecular weight is 383 g/mol. The van der Waals surface area contributed by atoms with E-state index in [0.717, 1.165) is 32.1 Å². The number of hydrogen-bond acceptors (Lipinski definition) is 3. The van der Waals surface area contributed by atoms with Crippen molar-refractivity contribution in [1.82, 2.24) is 0 Å². The summed E-state index contributed by atoms with van der Waals surface area (Å²) < 4.78 is 20.0. The molecule has 2 rings (SSSR count). The molecule has 2 aliphatic heterocycles. The van der Waals surface area contributed by atoms with Crippen LogP contribution in [0, 0.1) is 11.8 Å². The lowest BCUT2D eigenvalue weighted by molar-refractivity contribution is -0.338. The molecule has 0 aromatic carbocycles. The van der Waals surface area contributed by atoms with Gasteiger partial charge in [-0.05, 0) is 49.2 Å². The van der Waals surface area contributed by atoms with Crippen LogP contribution in [0.1, 0.15) is 73.6 Å². The molecule has 2 saturated heterocycles. The first-order chi connectivity index (χ1) is 11.9. The Morgan fingerprint density at radius 2 is 1.92 bits per heavy atom. The van der Waals surface area contributed by atoms with Crippen LogP contribution in [0.15, 0.2) is 12.7 Å². The minimum atomic E-state index is -1.81. The predicted molar refractivity (Wildman–Crippen MR) is 112 cm³/mol. The summed E-state index contributed by atoms with van der Waals surface area (Å²) in [5.41, 5.74) is 0. The molecular formula is C22H42O3Si. The predicted octanol–water partition coefficient (Wildman–Crippen LogP) is 6.30. The van der Waals surface area contributed by atoms with Crippen molar-refractivity contribution in [1.29, 1.82) is 0 Å². The van der Waals surface area contributed by atoms with E-state index in [9.17, 15) is 0 Å². The van der Waals surface area contributed by atoms with E-state index in [1.807, 2.05) is 6.08 Å². The number of hydrogen-bond donors (Lipinski definition) is 0. The maximum atomic E-state index is 6.81. The first-order valence-electron chi connectivity index (χ1n) is 10.5. The topological polar surface area (TPSA) is 27.7 Å². The molecule has 26 heavy (non-hydrogen) atoms. The molecule has 0 aliphatic carbocycles. The molecule has 4 heteroatoms. The van der Waals surface area contributed by atoms with Gasteiger partial charge in [0.1, 0.15) is 0 Å². The van der Waals surface area contributed by atoms with Crippen molar-refractivity contribution >= 4 is 8.32 Å². The molecule has 0 amide bonds. The van der Waals surface area contributed by atoms with E-state index in [2.05, 4.69) is 61.2 Å². The fraction of sp³-hybridized carbons (Fsp3) is 0.909. The van der Waals surface area contributed by atoms with E-state index in [0.29, 0.717) is 11.8 Å². The molecule has 0 saturated carbocycles. The Bertz CT molecular complexity index is 482. The normalized spacial score (nSPS) is 36.5. The van der Waals surface area contributed by atoms with E-state index in [-0.39, 0.29) is 23.4 Å². The maximum absolute atomic E-state index is 6.81. The summed E-state index contributed by atoms with van der Waals surface area (Å²) in [4.78, 5) is 0. The quantitative estimate of drug-likeness (QED) is 0.412. The van der Waals surface area contributed by atoms with Crippen molar-refractivity contribution in [3.05, 3.63) is 12.7 Å². The van der Waals surface area contributed by atoms with Gasteiger partial charge in [-0.2, -0.15) is 0 Å². The van der Waals surface area contributed by atoms with Gasteiger partial charge in [-0.3, -0.25) is 0 Å². The molecule has 0 radical (unpaired) electrons. The van der Waals surface area contributed by atoms with Crippen LogP contribution in [-0.2, 0) is 13.9 Å². The zero-order valence-corrected chi connectivity index (χ0v) is 19.4. The molecule has 1 spiro atoms. The highest BCUT2D eigenvalue weighted by molar-refractivity contribution is 6.74. The first kappa shape index (κ1) is 22.1. The maximum Gasteiger partial charge on any atom is 0.192 e. The second kappa shape index (κ2) is 8.06. The summed E-state index contributed by atoms with van der Waals surface area (Å²) in [6, 6.07) is 0. The SMILES string of the molecule is C=CC[C@@H]1C[C@H](O[Si](C)(C)C(C)(C)C)C[C@]2(CC[C@H](C)[C@@H](C(C)C)O2)O1. The van der Waals surface area contributed by atoms with Gasteiger partial charge in [0, 0.05) is 12.8 Å². The second-order valence-electron chi connectivity index (χ2n) is 10.5. The van der Waals surface area contributed by atoms with Crippen molar-refractivity contribution in [2.24, 2.45) is 11.8 Å². The second-order valence-corrected chi connectivity index (χ2v) is 15.2. The third kappa shape index (κ3) is 5.01. The van der Waals surface area contributed by atoms with E-state index >= 15 is 0 Å². The van der Waals surface area contributed by atoms with Gasteiger partial charge in [0.2, 0.25) is 0 Å². The summed E-state index contributed by atoms with van der Waals surface area (Å²) in [6.45, 7) is 22.4. The zero-order chi connectivity index (χ0) is 19.8. The highest BCUT2D eigenvalue weighted by atomic mass is 28.4. The fourth-order valence-corrected chi connectivity index (χ4v) is 5.57. The molecule has 0 N–H and O–H groups in total. The van der Waals surface area contributed by atoms with Crippen molar-refractivity contribution in [3.63, 3.8) is 0 Å². The van der Waals surface area contributed by atoms with E-state index in [1.165, 1.54) is 0 Å². The molecule has 2 heterocycles. The van der Waals surface area contributed by atoms with Crippen LogP contribution in [0.4, 0.5) is 0 Å². The largest absolute Gasteiger partial charge is 0.414 e. The highest BCUT2D eigenvalue weighted by Gasteiger charge is 2.50. The summed E-state index contributed by atoms with van der Waals surface area (Å²) in [6.07, 6.45) is 7.42. The summed E-state index contributed by atoms with van der Waals surface area (Å²) in [5.74, 6) is 0.620. The lowest BCUT2D eigenvalue weighted by Crippen LogP contribution is -2.56. The minimum absolute atomic E-state index is 0.150. The first-order valence-corrected chi connectivity index (χ1v) is 13.4. The lowest BCUT2D eigenvalue weighted by Gasteiger charge is -2.52. The number of ether oxygens (including phenoxy) is 2. The van der Waals surface area contributed by atoms with Crippen LogP contribution >= 0.6 is 0 Å². The average Bonchev–Trinajstić information content (AvgIpc) is 2.48. The Hall–Kier alpha value is -0.163. The van der Waals surface area contributed by atoms with Crippen LogP contribution in [0.2, 0.25) is 18.1 Å². The molecular weight excluding hydrogens is 340 g/mol. The zero-order valence-electron chi connectivity index (χ0n) is 18.4. The van der Waals surface area contributed by atoms with Crippen LogP contribution < -0.4 is 0 Å². The van der Waals surface area contributed by atoms with Crippen molar-refractivity contribution in [3.8, 4) is 0 Å². The smallest absolute Gasteiger partial charge is 0.192 e. The van der Waals surface area contributed by atoms with Gasteiger partial charge >= 0.3 is 0 Å². The molecule has 3 nitrogen and oxygen atoms in total. The summed E-state index contributed by atoms with van der Waals surface area (Å²) in [5, 5.41) is 0.217. The van der Waals surface area contributed by atoms with Crippen LogP contribution in [0.5, 0.6) is 0 Å². The van der Waals surface area contributed by atoms with Crippen LogP contribution in [-0.4, -0.2) is 32.4 Å². The molecule has 0 bridgehead atoms. The molecule has 5 atom stereocenters. The molecule has 0 aromatic heterocycles. The Labute approximate surface area is 163 Å². The van der Waals surface area contributed by atoms with Crippen LogP contribution in [0.3, 0.4) is 0 Å². The summed E-state index contributed by atoms with van der Waals surface area (Å²) in [7, 11) is -1.81. The third-order valence-electron chi connectivity index (χ3n) is 6.69. The Morgan fingerprint density at radius 3 is 2.46 bits per heavy atom. The summed E-state index contributed by atoms with van der Waals surface area (Å²) >= 11 is 0. The molecule has 0 unspecified atom stereocenters. The van der Waals surface area contributed by atoms with E-state index < -0.39 is 14.1 Å². The Balaban J connectivity index is 2.20. The Kier molecular flexibility index (Phi) is 6.86. The molecule has 152 valence electrons. The standard InChI is InChI=1S/C22H42O3Si/c1-10-11-18-14-19(25-26(8,9)21(5,6)7)15-22(23-18)13-12-17(4)20(24-22)16(2)3/h10,16-20H,1,11-15H2,2-9H3/t17-,18+,19-,20+,22+/m0/s1. The monoisotopic (exact) mass is 382 g/mol. The van der Waals surface area contributed by atoms with Gasteiger partial charge in [-0.15, -0.1) is 6.58 Å². The van der Waals surface area contributed by atoms with E-state index in [4.69, 9.17) is 13.9 Å². The van der Waals surface area contributed by atoms with Gasteiger partial charge < -0.3 is 13.9 Å². The van der Waals surface area contributed by atoms with E-state index in [1.54, 1.807) is 0 Å². The van der Waals surface area contributed by atoms with Crippen LogP contribution in [0.25, 0.3) is 0 Å². The van der Waals surface area contributed by atoms with Gasteiger partial charge in [0.15, 0.2) is 14.1 Å². The van der Waals surface area contributed by atoms with Gasteiger partial charge in [-0.25, -0.2) is 0 Å². The molecule has 2 fully saturated rings. The highest BCUT2D eigenvalue weighted by Crippen LogP contribution is 2.46. The number of rotatable bonds is 5.